The van der Waals surface area contributed by atoms with E-state index in [9.17, 15) is 0 Å². The van der Waals surface area contributed by atoms with Gasteiger partial charge in [-0.2, -0.15) is 16.7 Å². The van der Waals surface area contributed by atoms with Crippen LogP contribution in [0.4, 0.5) is 0 Å². The molecule has 1 saturated heterocycles. The van der Waals surface area contributed by atoms with Crippen LogP contribution in [0.5, 0.6) is 0 Å². The number of aromatic nitrogens is 3. The first-order chi connectivity index (χ1) is 7.93. The first-order valence-electron chi connectivity index (χ1n) is 4.97. The lowest BCUT2D eigenvalue weighted by Gasteiger charge is -2.19. The Kier molecular flexibility index (Phi) is 2.90. The molecule has 0 spiro atoms. The Balaban J connectivity index is 1.82. The fraction of sp³-hybridized carbons (Fsp3) is 0.444. The van der Waals surface area contributed by atoms with Crippen molar-refractivity contribution < 1.29 is 4.52 Å². The molecule has 3 heterocycles. The van der Waals surface area contributed by atoms with E-state index in [0.29, 0.717) is 11.7 Å². The summed E-state index contributed by atoms with van der Waals surface area (Å²) < 4.78 is 5.27. The molecule has 5 nitrogen and oxygen atoms in total. The van der Waals surface area contributed by atoms with E-state index >= 15 is 0 Å². The molecular formula is C9H10N4OS2. The molecule has 1 fully saturated rings. The average Bonchev–Trinajstić information content (AvgIpc) is 3.01. The topological polar surface area (TPSA) is 63.8 Å². The number of nitrogens with one attached hydrogen (secondary N) is 1. The van der Waals surface area contributed by atoms with Crippen molar-refractivity contribution in [2.75, 3.05) is 18.1 Å². The molecular weight excluding hydrogens is 244 g/mol. The number of rotatable bonds is 2. The van der Waals surface area contributed by atoms with Gasteiger partial charge >= 0.3 is 0 Å². The molecule has 0 aliphatic carbocycles. The molecule has 0 saturated carbocycles. The van der Waals surface area contributed by atoms with Crippen LogP contribution in [0, 0.1) is 0 Å². The lowest BCUT2D eigenvalue weighted by molar-refractivity contribution is 0.342. The summed E-state index contributed by atoms with van der Waals surface area (Å²) in [4.78, 5) is 9.33. The number of nitrogens with zero attached hydrogens (tertiary/aromatic N) is 3. The van der Waals surface area contributed by atoms with Crippen LogP contribution in [0.2, 0.25) is 0 Å². The lowest BCUT2D eigenvalue weighted by Crippen LogP contribution is -2.30. The fourth-order valence-corrected chi connectivity index (χ4v) is 3.00. The monoisotopic (exact) mass is 254 g/mol. The molecule has 0 amide bonds. The molecule has 2 aromatic rings. The molecule has 0 radical (unpaired) electrons. The van der Waals surface area contributed by atoms with E-state index in [-0.39, 0.29) is 6.04 Å². The standard InChI is InChI=1S/C9H10N4OS2/c1-2-15-4-6(11-1)9-12-8(13-14-9)7-3-10-5-16-7/h3,5-6,11H,1-2,4H2. The molecule has 16 heavy (non-hydrogen) atoms. The molecule has 3 rings (SSSR count). The minimum absolute atomic E-state index is 0.188. The number of thioether (sulfide) groups is 1. The van der Waals surface area contributed by atoms with Crippen LogP contribution in [-0.2, 0) is 0 Å². The van der Waals surface area contributed by atoms with Crippen LogP contribution in [-0.4, -0.2) is 33.2 Å². The van der Waals surface area contributed by atoms with Crippen molar-refractivity contribution in [3.8, 4) is 10.7 Å². The van der Waals surface area contributed by atoms with Gasteiger partial charge in [0.05, 0.1) is 16.4 Å². The first-order valence-corrected chi connectivity index (χ1v) is 7.00. The van der Waals surface area contributed by atoms with E-state index < -0.39 is 0 Å². The summed E-state index contributed by atoms with van der Waals surface area (Å²) in [6, 6.07) is 0.188. The van der Waals surface area contributed by atoms with Gasteiger partial charge < -0.3 is 9.84 Å². The zero-order valence-corrected chi connectivity index (χ0v) is 10.1. The van der Waals surface area contributed by atoms with Gasteiger partial charge in [0.1, 0.15) is 0 Å². The van der Waals surface area contributed by atoms with Crippen LogP contribution in [0.25, 0.3) is 10.7 Å². The third kappa shape index (κ3) is 1.98. The van der Waals surface area contributed by atoms with E-state index in [1.54, 1.807) is 11.7 Å². The van der Waals surface area contributed by atoms with Crippen molar-refractivity contribution in [2.45, 2.75) is 6.04 Å². The van der Waals surface area contributed by atoms with Gasteiger partial charge in [-0.25, -0.2) is 0 Å². The van der Waals surface area contributed by atoms with Crippen molar-refractivity contribution in [3.05, 3.63) is 17.6 Å². The second kappa shape index (κ2) is 4.52. The molecule has 0 bridgehead atoms. The van der Waals surface area contributed by atoms with Crippen LogP contribution < -0.4 is 5.32 Å². The van der Waals surface area contributed by atoms with Crippen LogP contribution in [0.15, 0.2) is 16.2 Å². The number of hydrogen-bond donors (Lipinski definition) is 1. The molecule has 0 aromatic carbocycles. The highest BCUT2D eigenvalue weighted by Gasteiger charge is 2.21. The molecule has 7 heteroatoms. The largest absolute Gasteiger partial charge is 0.337 e. The average molecular weight is 254 g/mol. The first kappa shape index (κ1) is 10.2. The van der Waals surface area contributed by atoms with Crippen LogP contribution in [0.1, 0.15) is 11.9 Å². The summed E-state index contributed by atoms with van der Waals surface area (Å²) in [7, 11) is 0. The van der Waals surface area contributed by atoms with E-state index in [4.69, 9.17) is 4.52 Å². The van der Waals surface area contributed by atoms with E-state index in [2.05, 4.69) is 20.4 Å². The van der Waals surface area contributed by atoms with E-state index in [1.165, 1.54) is 11.3 Å². The highest BCUT2D eigenvalue weighted by atomic mass is 32.2. The maximum Gasteiger partial charge on any atom is 0.244 e. The van der Waals surface area contributed by atoms with Crippen molar-refractivity contribution in [3.63, 3.8) is 0 Å². The van der Waals surface area contributed by atoms with E-state index in [1.807, 2.05) is 11.8 Å². The van der Waals surface area contributed by atoms with Gasteiger partial charge in [-0.15, -0.1) is 11.3 Å². The Morgan fingerprint density at radius 3 is 3.25 bits per heavy atom. The van der Waals surface area contributed by atoms with Gasteiger partial charge in [-0.05, 0) is 0 Å². The number of thiazole rings is 1. The highest BCUT2D eigenvalue weighted by molar-refractivity contribution is 7.99. The molecule has 1 aliphatic rings. The van der Waals surface area contributed by atoms with Crippen LogP contribution >= 0.6 is 23.1 Å². The SMILES string of the molecule is c1ncc(-c2noc(C3CSCCN3)n2)s1. The summed E-state index contributed by atoms with van der Waals surface area (Å²) in [5.41, 5.74) is 1.76. The third-order valence-electron chi connectivity index (χ3n) is 2.31. The summed E-state index contributed by atoms with van der Waals surface area (Å²) in [6.45, 7) is 0.994. The minimum atomic E-state index is 0.188. The predicted molar refractivity (Wildman–Crippen MR) is 63.5 cm³/mol. The van der Waals surface area contributed by atoms with Gasteiger partial charge in [0.2, 0.25) is 11.7 Å². The zero-order valence-electron chi connectivity index (χ0n) is 8.42. The minimum Gasteiger partial charge on any atom is -0.337 e. The summed E-state index contributed by atoms with van der Waals surface area (Å²) in [5, 5.41) is 7.33. The smallest absolute Gasteiger partial charge is 0.244 e. The molecule has 1 aliphatic heterocycles. The Hall–Kier alpha value is -0.920. The second-order valence-corrected chi connectivity index (χ2v) is 5.44. The maximum absolute atomic E-state index is 5.27. The maximum atomic E-state index is 5.27. The lowest BCUT2D eigenvalue weighted by atomic mass is 10.3. The van der Waals surface area contributed by atoms with Gasteiger partial charge in [0.15, 0.2) is 0 Å². The Morgan fingerprint density at radius 2 is 2.50 bits per heavy atom. The van der Waals surface area contributed by atoms with Gasteiger partial charge in [-0.1, -0.05) is 5.16 Å². The number of hydrogen-bond acceptors (Lipinski definition) is 7. The van der Waals surface area contributed by atoms with Crippen molar-refractivity contribution >= 4 is 23.1 Å². The highest BCUT2D eigenvalue weighted by Crippen LogP contribution is 2.24. The molecule has 1 atom stereocenters. The van der Waals surface area contributed by atoms with Crippen molar-refractivity contribution in [2.24, 2.45) is 0 Å². The Labute approximate surface area is 101 Å². The van der Waals surface area contributed by atoms with E-state index in [0.717, 1.165) is 22.9 Å². The zero-order chi connectivity index (χ0) is 10.8. The molecule has 1 unspecified atom stereocenters. The molecule has 2 aromatic heterocycles. The Bertz CT molecular complexity index is 450. The fourth-order valence-electron chi connectivity index (χ4n) is 1.53. The molecule has 1 N–H and O–H groups in total. The Morgan fingerprint density at radius 1 is 1.50 bits per heavy atom. The van der Waals surface area contributed by atoms with Crippen molar-refractivity contribution in [1.82, 2.24) is 20.4 Å². The quantitative estimate of drug-likeness (QED) is 0.877. The van der Waals surface area contributed by atoms with Crippen molar-refractivity contribution in [1.29, 1.82) is 0 Å². The van der Waals surface area contributed by atoms with Gasteiger partial charge in [0.25, 0.3) is 0 Å². The summed E-state index contributed by atoms with van der Waals surface area (Å²) in [5.74, 6) is 3.45. The molecule has 84 valence electrons. The normalized spacial score (nSPS) is 21.1. The summed E-state index contributed by atoms with van der Waals surface area (Å²) in [6.07, 6.45) is 1.75. The van der Waals surface area contributed by atoms with Gasteiger partial charge in [-0.3, -0.25) is 4.98 Å². The van der Waals surface area contributed by atoms with Crippen LogP contribution in [0.3, 0.4) is 0 Å². The second-order valence-electron chi connectivity index (χ2n) is 3.40. The summed E-state index contributed by atoms with van der Waals surface area (Å²) >= 11 is 3.42. The van der Waals surface area contributed by atoms with Gasteiger partial charge in [0, 0.05) is 24.2 Å². The third-order valence-corrected chi connectivity index (χ3v) is 4.15. The predicted octanol–water partition coefficient (Wildman–Crippen LogP) is 1.57.